The van der Waals surface area contributed by atoms with Crippen LogP contribution in [0, 0.1) is 6.92 Å². The molecule has 3 aromatic rings. The quantitative estimate of drug-likeness (QED) is 0.398. The monoisotopic (exact) mass is 418 g/mol. The maximum Gasteiger partial charge on any atom is 0.348 e. The van der Waals surface area contributed by atoms with Crippen molar-refractivity contribution in [1.29, 1.82) is 0 Å². The fraction of sp³-hybridized carbons (Fsp3) is 0.350. The van der Waals surface area contributed by atoms with E-state index in [4.69, 9.17) is 9.47 Å². The molecule has 0 spiro atoms. The molecule has 6 nitrogen and oxygen atoms in total. The van der Waals surface area contributed by atoms with Crippen molar-refractivity contribution in [2.24, 2.45) is 0 Å². The topological polar surface area (TPSA) is 77.5 Å². The van der Waals surface area contributed by atoms with Crippen LogP contribution in [0.5, 0.6) is 5.75 Å². The zero-order valence-electron chi connectivity index (χ0n) is 16.0. The Bertz CT molecular complexity index is 993. The number of amides is 1. The van der Waals surface area contributed by atoms with Crippen molar-refractivity contribution < 1.29 is 19.1 Å². The summed E-state index contributed by atoms with van der Waals surface area (Å²) in [7, 11) is 0. The van der Waals surface area contributed by atoms with Gasteiger partial charge in [0.25, 0.3) is 5.91 Å². The Hall–Kier alpha value is -2.45. The number of carbonyl (C=O) groups excluding carboxylic acids is 2. The van der Waals surface area contributed by atoms with Gasteiger partial charge in [0.2, 0.25) is 0 Å². The van der Waals surface area contributed by atoms with Crippen molar-refractivity contribution in [2.75, 3.05) is 18.5 Å². The number of hydrogen-bond donors (Lipinski definition) is 1. The van der Waals surface area contributed by atoms with Crippen molar-refractivity contribution in [1.82, 2.24) is 4.98 Å². The van der Waals surface area contributed by atoms with Crippen LogP contribution in [0.1, 0.15) is 52.3 Å². The summed E-state index contributed by atoms with van der Waals surface area (Å²) in [6.45, 7) is 6.71. The van der Waals surface area contributed by atoms with Crippen LogP contribution < -0.4 is 10.1 Å². The van der Waals surface area contributed by atoms with E-state index in [-0.39, 0.29) is 11.9 Å². The molecular weight excluding hydrogens is 396 g/mol. The van der Waals surface area contributed by atoms with Crippen LogP contribution in [0.15, 0.2) is 24.3 Å². The van der Waals surface area contributed by atoms with Gasteiger partial charge in [-0.1, -0.05) is 30.7 Å². The van der Waals surface area contributed by atoms with E-state index in [9.17, 15) is 9.59 Å². The first-order chi connectivity index (χ1) is 13.5. The second kappa shape index (κ2) is 9.16. The number of esters is 1. The highest BCUT2D eigenvalue weighted by atomic mass is 32.1. The third kappa shape index (κ3) is 4.51. The zero-order chi connectivity index (χ0) is 20.1. The molecule has 148 valence electrons. The molecule has 0 aliphatic heterocycles. The number of thiazole rings is 1. The van der Waals surface area contributed by atoms with Gasteiger partial charge in [-0.05, 0) is 44.0 Å². The van der Waals surface area contributed by atoms with E-state index in [1.807, 2.05) is 13.0 Å². The standard InChI is InChI=1S/C20H22N2O4S2/c1-4-6-10-26-14-9-7-8-13(11-14)17(23)21-20-22-18-15(28-20)12(3)16(27-18)19(24)25-5-2/h7-9,11H,4-6,10H2,1-3H3,(H,21,22,23). The minimum Gasteiger partial charge on any atom is -0.494 e. The highest BCUT2D eigenvalue weighted by molar-refractivity contribution is 7.30. The van der Waals surface area contributed by atoms with Gasteiger partial charge in [0.1, 0.15) is 15.5 Å². The van der Waals surface area contributed by atoms with Crippen molar-refractivity contribution in [3.63, 3.8) is 0 Å². The number of ether oxygens (including phenoxy) is 2. The number of nitrogens with one attached hydrogen (secondary N) is 1. The number of thiophene rings is 1. The lowest BCUT2D eigenvalue weighted by Crippen LogP contribution is -2.11. The molecule has 0 aliphatic carbocycles. The van der Waals surface area contributed by atoms with Crippen molar-refractivity contribution in [3.05, 3.63) is 40.3 Å². The van der Waals surface area contributed by atoms with Crippen LogP contribution >= 0.6 is 22.7 Å². The van der Waals surface area contributed by atoms with E-state index in [1.165, 1.54) is 22.7 Å². The number of unbranched alkanes of at least 4 members (excludes halogenated alkanes) is 1. The first-order valence-corrected chi connectivity index (χ1v) is 10.8. The normalized spacial score (nSPS) is 10.8. The molecule has 2 heterocycles. The van der Waals surface area contributed by atoms with Crippen LogP contribution in [0.3, 0.4) is 0 Å². The van der Waals surface area contributed by atoms with Gasteiger partial charge in [-0.25, -0.2) is 9.78 Å². The van der Waals surface area contributed by atoms with Gasteiger partial charge in [0.15, 0.2) is 5.13 Å². The first kappa shape index (κ1) is 20.3. The fourth-order valence-corrected chi connectivity index (χ4v) is 4.77. The number of rotatable bonds is 8. The first-order valence-electron chi connectivity index (χ1n) is 9.14. The maximum absolute atomic E-state index is 12.6. The van der Waals surface area contributed by atoms with Gasteiger partial charge in [-0.15, -0.1) is 11.3 Å². The third-order valence-electron chi connectivity index (χ3n) is 4.02. The summed E-state index contributed by atoms with van der Waals surface area (Å²) in [6, 6.07) is 7.10. The number of aryl methyl sites for hydroxylation is 1. The van der Waals surface area contributed by atoms with Gasteiger partial charge in [0.05, 0.1) is 17.9 Å². The van der Waals surface area contributed by atoms with E-state index < -0.39 is 0 Å². The van der Waals surface area contributed by atoms with Crippen molar-refractivity contribution in [3.8, 4) is 5.75 Å². The number of benzene rings is 1. The van der Waals surface area contributed by atoms with Crippen LogP contribution in [0.25, 0.3) is 9.53 Å². The Morgan fingerprint density at radius 2 is 2.04 bits per heavy atom. The zero-order valence-corrected chi connectivity index (χ0v) is 17.7. The average Bonchev–Trinajstić information content (AvgIpc) is 3.21. The third-order valence-corrected chi connectivity index (χ3v) is 6.41. The number of aromatic nitrogens is 1. The van der Waals surface area contributed by atoms with Crippen LogP contribution in [0.4, 0.5) is 5.13 Å². The summed E-state index contributed by atoms with van der Waals surface area (Å²) in [5.74, 6) is 0.0995. The predicted octanol–water partition coefficient (Wildman–Crippen LogP) is 5.27. The summed E-state index contributed by atoms with van der Waals surface area (Å²) in [5, 5.41) is 3.33. The van der Waals surface area contributed by atoms with Crippen LogP contribution in [0.2, 0.25) is 0 Å². The molecule has 0 saturated carbocycles. The molecule has 2 aromatic heterocycles. The summed E-state index contributed by atoms with van der Waals surface area (Å²) >= 11 is 2.64. The summed E-state index contributed by atoms with van der Waals surface area (Å²) in [5.41, 5.74) is 1.35. The molecule has 1 amide bonds. The van der Waals surface area contributed by atoms with Crippen molar-refractivity contribution in [2.45, 2.75) is 33.6 Å². The number of carbonyl (C=O) groups is 2. The summed E-state index contributed by atoms with van der Waals surface area (Å²) in [6.07, 6.45) is 2.03. The van der Waals surface area contributed by atoms with Crippen molar-refractivity contribution >= 4 is 49.2 Å². The van der Waals surface area contributed by atoms with Gasteiger partial charge in [0, 0.05) is 5.56 Å². The highest BCUT2D eigenvalue weighted by Crippen LogP contribution is 2.37. The molecule has 28 heavy (non-hydrogen) atoms. The number of nitrogens with zero attached hydrogens (tertiary/aromatic N) is 1. The van der Waals surface area contributed by atoms with E-state index in [0.29, 0.717) is 34.5 Å². The van der Waals surface area contributed by atoms with E-state index in [1.54, 1.807) is 25.1 Å². The molecule has 0 saturated heterocycles. The lowest BCUT2D eigenvalue weighted by atomic mass is 10.2. The fourth-order valence-electron chi connectivity index (χ4n) is 2.56. The van der Waals surface area contributed by atoms with E-state index in [0.717, 1.165) is 27.9 Å². The Balaban J connectivity index is 1.73. The molecule has 8 heteroatoms. The molecule has 0 bridgehead atoms. The van der Waals surface area contributed by atoms with Gasteiger partial charge in [-0.3, -0.25) is 10.1 Å². The molecular formula is C20H22N2O4S2. The lowest BCUT2D eigenvalue weighted by molar-refractivity contribution is 0.0531. The number of hydrogen-bond acceptors (Lipinski definition) is 7. The minimum atomic E-state index is -0.333. The average molecular weight is 419 g/mol. The summed E-state index contributed by atoms with van der Waals surface area (Å²) < 4.78 is 11.6. The number of anilines is 1. The van der Waals surface area contributed by atoms with Gasteiger partial charge >= 0.3 is 5.97 Å². The van der Waals surface area contributed by atoms with E-state index >= 15 is 0 Å². The van der Waals surface area contributed by atoms with Gasteiger partial charge < -0.3 is 9.47 Å². The second-order valence-electron chi connectivity index (χ2n) is 6.11. The lowest BCUT2D eigenvalue weighted by Gasteiger charge is -2.07. The molecule has 0 aliphatic rings. The van der Waals surface area contributed by atoms with Crippen LogP contribution in [-0.4, -0.2) is 30.1 Å². The summed E-state index contributed by atoms with van der Waals surface area (Å²) in [4.78, 5) is 30.3. The molecule has 0 atom stereocenters. The molecule has 0 radical (unpaired) electrons. The Kier molecular flexibility index (Phi) is 6.64. The largest absolute Gasteiger partial charge is 0.494 e. The highest BCUT2D eigenvalue weighted by Gasteiger charge is 2.20. The molecule has 1 aromatic carbocycles. The smallest absolute Gasteiger partial charge is 0.348 e. The predicted molar refractivity (Wildman–Crippen MR) is 113 cm³/mol. The molecule has 0 fully saturated rings. The Labute approximate surface area is 171 Å². The van der Waals surface area contributed by atoms with E-state index in [2.05, 4.69) is 17.2 Å². The minimum absolute atomic E-state index is 0.245. The number of fused-ring (bicyclic) bond motifs is 1. The Morgan fingerprint density at radius 3 is 2.75 bits per heavy atom. The molecule has 0 unspecified atom stereocenters. The second-order valence-corrected chi connectivity index (χ2v) is 8.11. The van der Waals surface area contributed by atoms with Gasteiger partial charge in [-0.2, -0.15) is 0 Å². The Morgan fingerprint density at radius 1 is 1.21 bits per heavy atom. The molecule has 1 N–H and O–H groups in total. The van der Waals surface area contributed by atoms with Crippen LogP contribution in [-0.2, 0) is 4.74 Å². The molecule has 3 rings (SSSR count). The maximum atomic E-state index is 12.6. The SMILES string of the molecule is CCCCOc1cccc(C(=O)Nc2nc3sc(C(=O)OCC)c(C)c3s2)c1.